The number of likely N-dealkylation sites (N-methyl/N-ethyl adjacent to an activating group) is 1. The molecule has 27 heavy (non-hydrogen) atoms. The first-order chi connectivity index (χ1) is 13.1. The first-order valence-corrected chi connectivity index (χ1v) is 8.88. The highest BCUT2D eigenvalue weighted by Gasteiger charge is 2.11. The maximum absolute atomic E-state index is 12.4. The van der Waals surface area contributed by atoms with E-state index in [4.69, 9.17) is 0 Å². The smallest absolute Gasteiger partial charge is 0.270 e. The molecule has 1 aromatic carbocycles. The summed E-state index contributed by atoms with van der Waals surface area (Å²) in [6.07, 6.45) is 6.04. The molecule has 0 atom stereocenters. The molecule has 6 nitrogen and oxygen atoms in total. The van der Waals surface area contributed by atoms with Crippen LogP contribution in [0.3, 0.4) is 0 Å². The fourth-order valence-corrected chi connectivity index (χ4v) is 2.58. The van der Waals surface area contributed by atoms with Gasteiger partial charge in [0.1, 0.15) is 5.69 Å². The molecule has 3 aromatic rings. The van der Waals surface area contributed by atoms with Gasteiger partial charge in [0.2, 0.25) is 5.95 Å². The zero-order chi connectivity index (χ0) is 19.1. The normalized spacial score (nSPS) is 10.4. The molecule has 0 saturated heterocycles. The lowest BCUT2D eigenvalue weighted by atomic mass is 10.1. The van der Waals surface area contributed by atoms with Gasteiger partial charge in [-0.25, -0.2) is 9.97 Å². The second-order valence-corrected chi connectivity index (χ2v) is 6.44. The minimum atomic E-state index is -0.207. The SMILES string of the molecule is Cc1ccc(CNC(=O)c2ccnc(N(C)CCc3ccncc3)n2)cc1. The second-order valence-electron chi connectivity index (χ2n) is 6.44. The number of hydrogen-bond donors (Lipinski definition) is 1. The summed E-state index contributed by atoms with van der Waals surface area (Å²) in [7, 11) is 1.92. The van der Waals surface area contributed by atoms with Crippen molar-refractivity contribution in [3.8, 4) is 0 Å². The molecule has 0 saturated carbocycles. The van der Waals surface area contributed by atoms with Crippen LogP contribution in [0, 0.1) is 6.92 Å². The molecule has 138 valence electrons. The van der Waals surface area contributed by atoms with Crippen LogP contribution in [-0.4, -0.2) is 34.5 Å². The van der Waals surface area contributed by atoms with Crippen molar-refractivity contribution < 1.29 is 4.79 Å². The molecule has 0 bridgehead atoms. The Morgan fingerprint density at radius 3 is 2.48 bits per heavy atom. The molecule has 2 heterocycles. The summed E-state index contributed by atoms with van der Waals surface area (Å²) in [4.78, 5) is 27.1. The molecule has 0 spiro atoms. The van der Waals surface area contributed by atoms with Crippen LogP contribution in [0.2, 0.25) is 0 Å². The minimum Gasteiger partial charge on any atom is -0.347 e. The van der Waals surface area contributed by atoms with Gasteiger partial charge in [-0.05, 0) is 42.7 Å². The minimum absolute atomic E-state index is 0.207. The molecule has 3 rings (SSSR count). The summed E-state index contributed by atoms with van der Waals surface area (Å²) in [5.41, 5.74) is 3.81. The molecule has 0 fully saturated rings. The van der Waals surface area contributed by atoms with Crippen LogP contribution in [0.15, 0.2) is 61.1 Å². The fraction of sp³-hybridized carbons (Fsp3) is 0.238. The summed E-state index contributed by atoms with van der Waals surface area (Å²) < 4.78 is 0. The molecule has 0 unspecified atom stereocenters. The Hall–Kier alpha value is -3.28. The van der Waals surface area contributed by atoms with E-state index in [9.17, 15) is 4.79 Å². The maximum Gasteiger partial charge on any atom is 0.270 e. The third-order valence-electron chi connectivity index (χ3n) is 4.28. The lowest BCUT2D eigenvalue weighted by molar-refractivity contribution is 0.0946. The monoisotopic (exact) mass is 361 g/mol. The van der Waals surface area contributed by atoms with Gasteiger partial charge in [-0.15, -0.1) is 0 Å². The van der Waals surface area contributed by atoms with E-state index in [1.165, 1.54) is 11.1 Å². The summed E-state index contributed by atoms with van der Waals surface area (Å²) in [6, 6.07) is 13.7. The third-order valence-corrected chi connectivity index (χ3v) is 4.28. The highest BCUT2D eigenvalue weighted by molar-refractivity contribution is 5.92. The van der Waals surface area contributed by atoms with Crippen molar-refractivity contribution in [3.63, 3.8) is 0 Å². The zero-order valence-corrected chi connectivity index (χ0v) is 15.6. The van der Waals surface area contributed by atoms with Gasteiger partial charge in [0.15, 0.2) is 0 Å². The summed E-state index contributed by atoms with van der Waals surface area (Å²) in [5.74, 6) is 0.328. The van der Waals surface area contributed by atoms with Crippen LogP contribution in [0.25, 0.3) is 0 Å². The number of hydrogen-bond acceptors (Lipinski definition) is 5. The van der Waals surface area contributed by atoms with Gasteiger partial charge in [-0.1, -0.05) is 29.8 Å². The second kappa shape index (κ2) is 8.89. The van der Waals surface area contributed by atoms with Crippen LogP contribution in [0.5, 0.6) is 0 Å². The molecule has 0 aliphatic heterocycles. The number of nitrogens with zero attached hydrogens (tertiary/aromatic N) is 4. The molecular formula is C21H23N5O. The standard InChI is InChI=1S/C21H23N5O/c1-16-3-5-18(6-4-16)15-24-20(27)19-9-13-23-21(25-19)26(2)14-10-17-7-11-22-12-8-17/h3-9,11-13H,10,14-15H2,1-2H3,(H,24,27). The van der Waals surface area contributed by atoms with Gasteiger partial charge in [0.25, 0.3) is 5.91 Å². The Kier molecular flexibility index (Phi) is 6.10. The van der Waals surface area contributed by atoms with Gasteiger partial charge in [0, 0.05) is 38.7 Å². The topological polar surface area (TPSA) is 71.0 Å². The fourth-order valence-electron chi connectivity index (χ4n) is 2.58. The lowest BCUT2D eigenvalue weighted by Gasteiger charge is -2.17. The largest absolute Gasteiger partial charge is 0.347 e. The van der Waals surface area contributed by atoms with Crippen molar-refractivity contribution in [2.24, 2.45) is 0 Å². The lowest BCUT2D eigenvalue weighted by Crippen LogP contribution is -2.27. The predicted octanol–water partition coefficient (Wildman–Crippen LogP) is 2.79. The number of nitrogens with one attached hydrogen (secondary N) is 1. The molecule has 1 amide bonds. The highest BCUT2D eigenvalue weighted by atomic mass is 16.1. The summed E-state index contributed by atoms with van der Waals surface area (Å²) in [5, 5.41) is 2.90. The number of carbonyl (C=O) groups is 1. The van der Waals surface area contributed by atoms with Gasteiger partial charge >= 0.3 is 0 Å². The van der Waals surface area contributed by atoms with Gasteiger partial charge in [-0.2, -0.15) is 0 Å². The van der Waals surface area contributed by atoms with Crippen LogP contribution in [0.1, 0.15) is 27.2 Å². The number of aryl methyl sites for hydroxylation is 1. The molecule has 0 aliphatic carbocycles. The van der Waals surface area contributed by atoms with E-state index in [0.717, 1.165) is 18.5 Å². The number of rotatable bonds is 7. The van der Waals surface area contributed by atoms with Crippen molar-refractivity contribution in [1.82, 2.24) is 20.3 Å². The average Bonchev–Trinajstić information content (AvgIpc) is 2.72. The van der Waals surface area contributed by atoms with E-state index in [0.29, 0.717) is 18.2 Å². The molecule has 1 N–H and O–H groups in total. The van der Waals surface area contributed by atoms with Crippen molar-refractivity contribution in [1.29, 1.82) is 0 Å². The Labute approximate surface area is 159 Å². The highest BCUT2D eigenvalue weighted by Crippen LogP contribution is 2.08. The van der Waals surface area contributed by atoms with Crippen molar-refractivity contribution >= 4 is 11.9 Å². The number of anilines is 1. The third kappa shape index (κ3) is 5.34. The van der Waals surface area contributed by atoms with E-state index in [2.05, 4.69) is 20.3 Å². The first kappa shape index (κ1) is 18.5. The first-order valence-electron chi connectivity index (χ1n) is 8.88. The van der Waals surface area contributed by atoms with Gasteiger partial charge < -0.3 is 10.2 Å². The number of aromatic nitrogens is 3. The number of amides is 1. The molecular weight excluding hydrogens is 338 g/mol. The Balaban J connectivity index is 1.58. The van der Waals surface area contributed by atoms with Crippen LogP contribution < -0.4 is 10.2 Å². The molecule has 6 heteroatoms. The predicted molar refractivity (Wildman–Crippen MR) is 106 cm³/mol. The quantitative estimate of drug-likeness (QED) is 0.701. The number of benzene rings is 1. The average molecular weight is 361 g/mol. The Morgan fingerprint density at radius 2 is 1.74 bits per heavy atom. The Bertz CT molecular complexity index is 881. The summed E-state index contributed by atoms with van der Waals surface area (Å²) >= 11 is 0. The van der Waals surface area contributed by atoms with Crippen LogP contribution in [0.4, 0.5) is 5.95 Å². The van der Waals surface area contributed by atoms with E-state index < -0.39 is 0 Å². The number of pyridine rings is 1. The van der Waals surface area contributed by atoms with Gasteiger partial charge in [-0.3, -0.25) is 9.78 Å². The van der Waals surface area contributed by atoms with Gasteiger partial charge in [0.05, 0.1) is 0 Å². The molecule has 0 radical (unpaired) electrons. The van der Waals surface area contributed by atoms with Crippen molar-refractivity contribution in [3.05, 3.63) is 83.4 Å². The zero-order valence-electron chi connectivity index (χ0n) is 15.6. The van der Waals surface area contributed by atoms with E-state index >= 15 is 0 Å². The number of carbonyl (C=O) groups excluding carboxylic acids is 1. The Morgan fingerprint density at radius 1 is 1.00 bits per heavy atom. The van der Waals surface area contributed by atoms with Crippen LogP contribution in [-0.2, 0) is 13.0 Å². The molecule has 0 aliphatic rings. The van der Waals surface area contributed by atoms with E-state index in [1.54, 1.807) is 24.7 Å². The summed E-state index contributed by atoms with van der Waals surface area (Å²) in [6.45, 7) is 3.25. The maximum atomic E-state index is 12.4. The van der Waals surface area contributed by atoms with E-state index in [1.807, 2.05) is 55.3 Å². The van der Waals surface area contributed by atoms with Crippen LogP contribution >= 0.6 is 0 Å². The van der Waals surface area contributed by atoms with E-state index in [-0.39, 0.29) is 5.91 Å². The molecule has 2 aromatic heterocycles. The van der Waals surface area contributed by atoms with Crippen molar-refractivity contribution in [2.45, 2.75) is 19.9 Å². The van der Waals surface area contributed by atoms with Crippen molar-refractivity contribution in [2.75, 3.05) is 18.5 Å².